The minimum atomic E-state index is 0.0590. The van der Waals surface area contributed by atoms with Crippen LogP contribution in [-0.2, 0) is 0 Å². The van der Waals surface area contributed by atoms with Crippen molar-refractivity contribution in [3.05, 3.63) is 36.9 Å². The molecule has 1 rings (SSSR count). The molecule has 1 atom stereocenters. The molecule has 0 aliphatic carbocycles. The largest absolute Gasteiger partial charge is 0.271 e. The number of rotatable bonds is 4. The topological polar surface area (TPSA) is 63.8 Å². The minimum absolute atomic E-state index is 0.0590. The molecule has 4 heteroatoms. The molecule has 1 aromatic rings. The lowest BCUT2D eigenvalue weighted by atomic mass is 10.1. The number of hydrogen-bond donors (Lipinski definition) is 2. The van der Waals surface area contributed by atoms with Crippen molar-refractivity contribution in [1.82, 2.24) is 15.4 Å². The van der Waals surface area contributed by atoms with Crippen molar-refractivity contribution in [2.24, 2.45) is 5.84 Å². The first kappa shape index (κ1) is 8.83. The van der Waals surface area contributed by atoms with Crippen LogP contribution in [0.1, 0.15) is 18.0 Å². The molecule has 1 unspecified atom stereocenters. The van der Waals surface area contributed by atoms with Crippen molar-refractivity contribution in [3.63, 3.8) is 0 Å². The first-order chi connectivity index (χ1) is 5.88. The predicted molar refractivity (Wildman–Crippen MR) is 46.9 cm³/mol. The summed E-state index contributed by atoms with van der Waals surface area (Å²) in [6.45, 7) is 3.64. The molecule has 0 saturated carbocycles. The Balaban J connectivity index is 2.72. The molecule has 0 aliphatic rings. The van der Waals surface area contributed by atoms with Crippen molar-refractivity contribution in [2.45, 2.75) is 12.5 Å². The zero-order chi connectivity index (χ0) is 8.81. The summed E-state index contributed by atoms with van der Waals surface area (Å²) >= 11 is 0. The van der Waals surface area contributed by atoms with Crippen LogP contribution in [-0.4, -0.2) is 9.97 Å². The molecule has 3 N–H and O–H groups in total. The SMILES string of the molecule is C=CCC(NN)c1cncnc1. The molecule has 0 fully saturated rings. The van der Waals surface area contributed by atoms with Crippen LogP contribution in [0.4, 0.5) is 0 Å². The standard InChI is InChI=1S/C8H12N4/c1-2-3-8(12-9)7-4-10-6-11-5-7/h2,4-6,8,12H,1,3,9H2. The number of hydrogen-bond acceptors (Lipinski definition) is 4. The smallest absolute Gasteiger partial charge is 0.115 e. The van der Waals surface area contributed by atoms with E-state index in [9.17, 15) is 0 Å². The van der Waals surface area contributed by atoms with Gasteiger partial charge in [-0.25, -0.2) is 9.97 Å². The van der Waals surface area contributed by atoms with E-state index < -0.39 is 0 Å². The zero-order valence-corrected chi connectivity index (χ0v) is 6.77. The van der Waals surface area contributed by atoms with Crippen LogP contribution in [0.2, 0.25) is 0 Å². The van der Waals surface area contributed by atoms with Crippen LogP contribution >= 0.6 is 0 Å². The molecule has 1 aromatic heterocycles. The van der Waals surface area contributed by atoms with Crippen LogP contribution in [0, 0.1) is 0 Å². The average molecular weight is 164 g/mol. The normalized spacial score (nSPS) is 12.4. The zero-order valence-electron chi connectivity index (χ0n) is 6.77. The number of nitrogens with two attached hydrogens (primary N) is 1. The molecular formula is C8H12N4. The summed E-state index contributed by atoms with van der Waals surface area (Å²) in [5.41, 5.74) is 3.64. The highest BCUT2D eigenvalue weighted by Gasteiger charge is 2.06. The quantitative estimate of drug-likeness (QED) is 0.387. The summed E-state index contributed by atoms with van der Waals surface area (Å²) < 4.78 is 0. The van der Waals surface area contributed by atoms with Gasteiger partial charge in [-0.1, -0.05) is 6.08 Å². The van der Waals surface area contributed by atoms with Gasteiger partial charge in [-0.2, -0.15) is 0 Å². The summed E-state index contributed by atoms with van der Waals surface area (Å²) in [5.74, 6) is 5.34. The molecule has 12 heavy (non-hydrogen) atoms. The second-order valence-corrected chi connectivity index (χ2v) is 2.42. The third kappa shape index (κ3) is 2.11. The Morgan fingerprint density at radius 3 is 2.75 bits per heavy atom. The highest BCUT2D eigenvalue weighted by molar-refractivity contribution is 5.09. The summed E-state index contributed by atoms with van der Waals surface area (Å²) in [4.78, 5) is 7.79. The van der Waals surface area contributed by atoms with E-state index in [1.807, 2.05) is 0 Å². The van der Waals surface area contributed by atoms with E-state index in [0.717, 1.165) is 12.0 Å². The Morgan fingerprint density at radius 1 is 1.58 bits per heavy atom. The molecule has 4 nitrogen and oxygen atoms in total. The first-order valence-corrected chi connectivity index (χ1v) is 3.70. The fourth-order valence-electron chi connectivity index (χ4n) is 0.958. The van der Waals surface area contributed by atoms with Crippen molar-refractivity contribution in [2.75, 3.05) is 0 Å². The van der Waals surface area contributed by atoms with Gasteiger partial charge in [-0.3, -0.25) is 11.3 Å². The molecule has 0 radical (unpaired) electrons. The van der Waals surface area contributed by atoms with Crippen LogP contribution in [0.25, 0.3) is 0 Å². The molecule has 0 bridgehead atoms. The van der Waals surface area contributed by atoms with E-state index in [1.165, 1.54) is 6.33 Å². The van der Waals surface area contributed by atoms with Gasteiger partial charge in [0.1, 0.15) is 6.33 Å². The van der Waals surface area contributed by atoms with Crippen molar-refractivity contribution >= 4 is 0 Å². The van der Waals surface area contributed by atoms with E-state index in [-0.39, 0.29) is 6.04 Å². The monoisotopic (exact) mass is 164 g/mol. The maximum Gasteiger partial charge on any atom is 0.115 e. The number of hydrazine groups is 1. The third-order valence-electron chi connectivity index (χ3n) is 1.59. The highest BCUT2D eigenvalue weighted by Crippen LogP contribution is 2.12. The van der Waals surface area contributed by atoms with Gasteiger partial charge in [0.25, 0.3) is 0 Å². The van der Waals surface area contributed by atoms with Gasteiger partial charge in [0.2, 0.25) is 0 Å². The fourth-order valence-corrected chi connectivity index (χ4v) is 0.958. The molecule has 64 valence electrons. The number of aromatic nitrogens is 2. The summed E-state index contributed by atoms with van der Waals surface area (Å²) in [6, 6.07) is 0.0590. The summed E-state index contributed by atoms with van der Waals surface area (Å²) in [6.07, 6.45) is 7.54. The van der Waals surface area contributed by atoms with E-state index >= 15 is 0 Å². The molecule has 0 amide bonds. The third-order valence-corrected chi connectivity index (χ3v) is 1.59. The van der Waals surface area contributed by atoms with E-state index in [1.54, 1.807) is 18.5 Å². The molecule has 0 aliphatic heterocycles. The van der Waals surface area contributed by atoms with Gasteiger partial charge < -0.3 is 0 Å². The summed E-state index contributed by atoms with van der Waals surface area (Å²) in [5, 5.41) is 0. The van der Waals surface area contributed by atoms with Gasteiger partial charge in [0.15, 0.2) is 0 Å². The van der Waals surface area contributed by atoms with Crippen molar-refractivity contribution in [1.29, 1.82) is 0 Å². The van der Waals surface area contributed by atoms with E-state index in [2.05, 4.69) is 22.0 Å². The Labute approximate surface area is 71.5 Å². The minimum Gasteiger partial charge on any atom is -0.271 e. The molecule has 0 saturated heterocycles. The van der Waals surface area contributed by atoms with Gasteiger partial charge in [0, 0.05) is 18.0 Å². The molecule has 0 spiro atoms. The van der Waals surface area contributed by atoms with Gasteiger partial charge in [-0.15, -0.1) is 6.58 Å². The Bertz CT molecular complexity index is 234. The second-order valence-electron chi connectivity index (χ2n) is 2.42. The van der Waals surface area contributed by atoms with Gasteiger partial charge >= 0.3 is 0 Å². The van der Waals surface area contributed by atoms with Gasteiger partial charge in [-0.05, 0) is 6.42 Å². The van der Waals surface area contributed by atoms with Crippen LogP contribution in [0.5, 0.6) is 0 Å². The van der Waals surface area contributed by atoms with Crippen molar-refractivity contribution in [3.8, 4) is 0 Å². The lowest BCUT2D eigenvalue weighted by molar-refractivity contribution is 0.557. The second kappa shape index (κ2) is 4.58. The average Bonchev–Trinajstić information content (AvgIpc) is 2.15. The molecule has 1 heterocycles. The molecule has 0 aromatic carbocycles. The maximum absolute atomic E-state index is 5.34. The lowest BCUT2D eigenvalue weighted by Crippen LogP contribution is -2.27. The first-order valence-electron chi connectivity index (χ1n) is 3.70. The maximum atomic E-state index is 5.34. The van der Waals surface area contributed by atoms with Gasteiger partial charge in [0.05, 0.1) is 6.04 Å². The van der Waals surface area contributed by atoms with E-state index in [4.69, 9.17) is 5.84 Å². The lowest BCUT2D eigenvalue weighted by Gasteiger charge is -2.12. The Kier molecular flexibility index (Phi) is 3.37. The van der Waals surface area contributed by atoms with E-state index in [0.29, 0.717) is 0 Å². The Hall–Kier alpha value is -1.26. The fraction of sp³-hybridized carbons (Fsp3) is 0.250. The highest BCUT2D eigenvalue weighted by atomic mass is 15.2. The van der Waals surface area contributed by atoms with Crippen LogP contribution in [0.15, 0.2) is 31.4 Å². The predicted octanol–water partition coefficient (Wildman–Crippen LogP) is 0.557. The summed E-state index contributed by atoms with van der Waals surface area (Å²) in [7, 11) is 0. The Morgan fingerprint density at radius 2 is 2.25 bits per heavy atom. The van der Waals surface area contributed by atoms with Crippen LogP contribution < -0.4 is 11.3 Å². The number of nitrogens with zero attached hydrogens (tertiary/aromatic N) is 2. The van der Waals surface area contributed by atoms with Crippen molar-refractivity contribution < 1.29 is 0 Å². The molecular weight excluding hydrogens is 152 g/mol. The van der Waals surface area contributed by atoms with Crippen LogP contribution in [0.3, 0.4) is 0 Å². The number of nitrogens with one attached hydrogen (secondary N) is 1.